The van der Waals surface area contributed by atoms with Gasteiger partial charge in [-0.15, -0.1) is 0 Å². The van der Waals surface area contributed by atoms with Crippen LogP contribution in [0.25, 0.3) is 10.9 Å². The Morgan fingerprint density at radius 2 is 2.00 bits per heavy atom. The predicted octanol–water partition coefficient (Wildman–Crippen LogP) is 5.91. The van der Waals surface area contributed by atoms with Crippen LogP contribution in [0.2, 0.25) is 10.0 Å². The summed E-state index contributed by atoms with van der Waals surface area (Å²) in [6, 6.07) is 13.1. The Bertz CT molecular complexity index is 1720. The average Bonchev–Trinajstić information content (AvgIpc) is 3.59. The zero-order valence-electron chi connectivity index (χ0n) is 20.3. The normalized spacial score (nSPS) is 24.3. The van der Waals surface area contributed by atoms with E-state index in [1.54, 1.807) is 30.3 Å². The van der Waals surface area contributed by atoms with Gasteiger partial charge < -0.3 is 10.1 Å². The number of ether oxygens (including phenoxy) is 1. The molecule has 1 amide bonds. The first-order valence-electron chi connectivity index (χ1n) is 12.2. The lowest BCUT2D eigenvalue weighted by atomic mass is 9.74. The molecule has 10 heteroatoms. The molecule has 1 saturated heterocycles. The smallest absolute Gasteiger partial charge is 0.338 e. The lowest BCUT2D eigenvalue weighted by Crippen LogP contribution is -2.49. The Morgan fingerprint density at radius 1 is 1.21 bits per heavy atom. The van der Waals surface area contributed by atoms with Crippen LogP contribution in [0.4, 0.5) is 10.1 Å². The van der Waals surface area contributed by atoms with Gasteiger partial charge >= 0.3 is 5.97 Å². The minimum Gasteiger partial charge on any atom is -0.465 e. The molecule has 0 saturated carbocycles. The number of fused-ring (bicyclic) bond motifs is 7. The van der Waals surface area contributed by atoms with E-state index >= 15 is 4.39 Å². The predicted molar refractivity (Wildman–Crippen MR) is 148 cm³/mol. The Labute approximate surface area is 234 Å². The van der Waals surface area contributed by atoms with Gasteiger partial charge in [-0.25, -0.2) is 9.18 Å². The molecule has 0 aliphatic carbocycles. The molecule has 0 bridgehead atoms. The molecule has 0 unspecified atom stereocenters. The van der Waals surface area contributed by atoms with Gasteiger partial charge in [0.2, 0.25) is 5.91 Å². The van der Waals surface area contributed by atoms with E-state index in [-0.39, 0.29) is 24.4 Å². The van der Waals surface area contributed by atoms with Crippen molar-refractivity contribution in [1.82, 2.24) is 15.1 Å². The van der Waals surface area contributed by atoms with Crippen LogP contribution >= 0.6 is 23.2 Å². The van der Waals surface area contributed by atoms with E-state index in [0.29, 0.717) is 44.9 Å². The number of hydrogen-bond acceptors (Lipinski definition) is 5. The molecule has 4 heterocycles. The van der Waals surface area contributed by atoms with Crippen molar-refractivity contribution in [3.63, 3.8) is 0 Å². The summed E-state index contributed by atoms with van der Waals surface area (Å²) in [5.41, 5.74) is 3.14. The standard InChI is InChI=1S/C28H21Cl2FN4O3.CH4/c1-12-14(26(36)38-2)7-8-15-21-11-20-25(35(21)34-24(12)15)22(16-4-3-5-18(30)23(16)31)28(33-20)17-9-6-13(29)10-19(17)32-27(28)37;/h3-10,20,22,25,33H,11H2,1-2H3,(H,32,37);1H4/t20-,22-,25+,28+;/m0./s1. The first-order valence-corrected chi connectivity index (χ1v) is 12.9. The van der Waals surface area contributed by atoms with E-state index in [1.807, 2.05) is 23.7 Å². The average molecular weight is 567 g/mol. The number of aryl methyl sites for hydroxylation is 1. The zero-order chi connectivity index (χ0) is 26.5. The van der Waals surface area contributed by atoms with Gasteiger partial charge in [-0.05, 0) is 42.3 Å². The summed E-state index contributed by atoms with van der Waals surface area (Å²) in [6.45, 7) is 1.84. The summed E-state index contributed by atoms with van der Waals surface area (Å²) in [4.78, 5) is 26.1. The highest BCUT2D eigenvalue weighted by molar-refractivity contribution is 6.31. The molecular weight excluding hydrogens is 542 g/mol. The van der Waals surface area contributed by atoms with Crippen molar-refractivity contribution in [3.05, 3.63) is 92.3 Å². The number of anilines is 1. The van der Waals surface area contributed by atoms with Gasteiger partial charge in [-0.1, -0.05) is 54.9 Å². The molecule has 1 spiro atoms. The third kappa shape index (κ3) is 3.28. The molecule has 1 fully saturated rings. The van der Waals surface area contributed by atoms with Gasteiger partial charge in [0.15, 0.2) is 0 Å². The van der Waals surface area contributed by atoms with Crippen LogP contribution in [0.15, 0.2) is 48.5 Å². The first kappa shape index (κ1) is 25.8. The third-order valence-electron chi connectivity index (χ3n) is 8.29. The third-order valence-corrected chi connectivity index (χ3v) is 8.82. The van der Waals surface area contributed by atoms with Crippen molar-refractivity contribution in [2.75, 3.05) is 12.4 Å². The van der Waals surface area contributed by atoms with Crippen molar-refractivity contribution in [1.29, 1.82) is 0 Å². The summed E-state index contributed by atoms with van der Waals surface area (Å²) in [5.74, 6) is -1.96. The van der Waals surface area contributed by atoms with E-state index in [2.05, 4.69) is 10.6 Å². The number of carbonyl (C=O) groups is 2. The maximum atomic E-state index is 15.7. The fourth-order valence-electron chi connectivity index (χ4n) is 6.72. The minimum absolute atomic E-state index is 0. The van der Waals surface area contributed by atoms with Crippen LogP contribution in [0, 0.1) is 12.7 Å². The van der Waals surface area contributed by atoms with E-state index in [9.17, 15) is 9.59 Å². The number of aromatic nitrogens is 2. The molecule has 200 valence electrons. The second-order valence-electron chi connectivity index (χ2n) is 10.0. The van der Waals surface area contributed by atoms with Crippen molar-refractivity contribution < 1.29 is 18.7 Å². The number of esters is 1. The molecule has 3 aromatic carbocycles. The summed E-state index contributed by atoms with van der Waals surface area (Å²) in [5, 5.41) is 12.9. The minimum atomic E-state index is -1.26. The van der Waals surface area contributed by atoms with Gasteiger partial charge in [0.05, 0.1) is 29.3 Å². The Morgan fingerprint density at radius 3 is 2.77 bits per heavy atom. The number of benzene rings is 3. The SMILES string of the molecule is C.COC(=O)c1ccc2c3n(nc2c1C)[C@@H]1[C@H](C3)N[C@@]2(C(=O)Nc3cc(Cl)ccc32)[C@H]1c1cccc(Cl)c1F. The molecule has 2 N–H and O–H groups in total. The Hall–Kier alpha value is -3.46. The van der Waals surface area contributed by atoms with E-state index in [4.69, 9.17) is 33.0 Å². The summed E-state index contributed by atoms with van der Waals surface area (Å²) >= 11 is 12.5. The highest BCUT2D eigenvalue weighted by atomic mass is 35.5. The molecule has 0 radical (unpaired) electrons. The maximum Gasteiger partial charge on any atom is 0.338 e. The Kier molecular flexibility index (Phi) is 5.81. The molecule has 39 heavy (non-hydrogen) atoms. The summed E-state index contributed by atoms with van der Waals surface area (Å²) in [6.07, 6.45) is 0.564. The number of amides is 1. The van der Waals surface area contributed by atoms with Crippen molar-refractivity contribution >= 4 is 51.7 Å². The van der Waals surface area contributed by atoms with Gasteiger partial charge in [0.25, 0.3) is 0 Å². The second-order valence-corrected chi connectivity index (χ2v) is 10.9. The number of nitrogens with one attached hydrogen (secondary N) is 2. The molecular formula is C29H25Cl2FN4O3. The monoisotopic (exact) mass is 566 g/mol. The highest BCUT2D eigenvalue weighted by Gasteiger charge is 2.65. The van der Waals surface area contributed by atoms with Gasteiger partial charge in [0.1, 0.15) is 11.4 Å². The summed E-state index contributed by atoms with van der Waals surface area (Å²) in [7, 11) is 1.34. The zero-order valence-corrected chi connectivity index (χ0v) is 21.8. The van der Waals surface area contributed by atoms with E-state index in [0.717, 1.165) is 11.1 Å². The van der Waals surface area contributed by atoms with Crippen LogP contribution in [-0.4, -0.2) is 34.8 Å². The lowest BCUT2D eigenvalue weighted by Gasteiger charge is -2.33. The van der Waals surface area contributed by atoms with Crippen molar-refractivity contribution in [2.45, 2.75) is 44.3 Å². The number of carbonyl (C=O) groups excluding carboxylic acids is 2. The fourth-order valence-corrected chi connectivity index (χ4v) is 7.07. The second kappa shape index (κ2) is 8.78. The van der Waals surface area contributed by atoms with E-state index < -0.39 is 29.3 Å². The number of hydrogen-bond donors (Lipinski definition) is 2. The van der Waals surface area contributed by atoms with Gasteiger partial charge in [-0.3, -0.25) is 14.8 Å². The van der Waals surface area contributed by atoms with Crippen LogP contribution in [0.5, 0.6) is 0 Å². The highest BCUT2D eigenvalue weighted by Crippen LogP contribution is 2.59. The molecule has 3 aliphatic rings. The number of halogens is 3. The van der Waals surface area contributed by atoms with E-state index in [1.165, 1.54) is 13.2 Å². The lowest BCUT2D eigenvalue weighted by molar-refractivity contribution is -0.122. The molecule has 7 nitrogen and oxygen atoms in total. The number of rotatable bonds is 2. The van der Waals surface area contributed by atoms with Crippen LogP contribution in [0.1, 0.15) is 52.1 Å². The van der Waals surface area contributed by atoms with Crippen molar-refractivity contribution in [3.8, 4) is 0 Å². The topological polar surface area (TPSA) is 85.2 Å². The van der Waals surface area contributed by atoms with Crippen LogP contribution < -0.4 is 10.6 Å². The fraction of sp³-hybridized carbons (Fsp3) is 0.276. The quantitative estimate of drug-likeness (QED) is 0.294. The molecule has 1 aromatic heterocycles. The number of nitrogens with zero attached hydrogens (tertiary/aromatic N) is 2. The number of methoxy groups -OCH3 is 1. The van der Waals surface area contributed by atoms with Crippen LogP contribution in [-0.2, 0) is 21.5 Å². The molecule has 4 aromatic rings. The Balaban J connectivity index is 0.00000277. The first-order chi connectivity index (χ1) is 18.3. The van der Waals surface area contributed by atoms with Gasteiger partial charge in [-0.2, -0.15) is 5.10 Å². The molecule has 3 aliphatic heterocycles. The summed E-state index contributed by atoms with van der Waals surface area (Å²) < 4.78 is 22.6. The molecule has 4 atom stereocenters. The van der Waals surface area contributed by atoms with Crippen LogP contribution in [0.3, 0.4) is 0 Å². The van der Waals surface area contributed by atoms with Crippen molar-refractivity contribution in [2.24, 2.45) is 0 Å². The largest absolute Gasteiger partial charge is 0.465 e. The molecule has 7 rings (SSSR count). The van der Waals surface area contributed by atoms with Gasteiger partial charge in [0, 0.05) is 45.7 Å². The maximum absolute atomic E-state index is 15.7.